The number of benzene rings is 2. The van der Waals surface area contributed by atoms with Crippen molar-refractivity contribution in [3.8, 4) is 5.75 Å². The molecule has 0 N–H and O–H groups in total. The SMILES string of the molecule is COC(=O)CCCOc1ccc(Br)cc1S(=O)(=O)N1CCCC(c2ccc(Cl)c(Cl)c2)=N1. The molecule has 2 aromatic rings. The molecular weight excluding hydrogens is 543 g/mol. The number of rotatable bonds is 8. The lowest BCUT2D eigenvalue weighted by Gasteiger charge is -2.26. The van der Waals surface area contributed by atoms with Crippen molar-refractivity contribution in [3.05, 3.63) is 56.5 Å². The third kappa shape index (κ3) is 5.95. The summed E-state index contributed by atoms with van der Waals surface area (Å²) in [4.78, 5) is 11.3. The summed E-state index contributed by atoms with van der Waals surface area (Å²) in [6, 6.07) is 9.83. The van der Waals surface area contributed by atoms with E-state index in [0.717, 1.165) is 4.41 Å². The van der Waals surface area contributed by atoms with Crippen molar-refractivity contribution in [1.29, 1.82) is 0 Å². The number of carbonyl (C=O) groups excluding carboxylic acids is 1. The monoisotopic (exact) mass is 562 g/mol. The molecule has 0 amide bonds. The molecule has 0 aliphatic carbocycles. The van der Waals surface area contributed by atoms with E-state index in [1.807, 2.05) is 0 Å². The van der Waals surface area contributed by atoms with Crippen molar-refractivity contribution < 1.29 is 22.7 Å². The van der Waals surface area contributed by atoms with Gasteiger partial charge in [0.05, 0.1) is 36.0 Å². The first-order chi connectivity index (χ1) is 15.2. The van der Waals surface area contributed by atoms with Gasteiger partial charge in [-0.2, -0.15) is 17.9 Å². The first-order valence-electron chi connectivity index (χ1n) is 9.77. The highest BCUT2D eigenvalue weighted by Gasteiger charge is 2.30. The molecule has 0 aromatic heterocycles. The number of sulfonamides is 1. The molecule has 0 bridgehead atoms. The molecule has 1 aliphatic rings. The molecule has 0 saturated carbocycles. The molecule has 0 atom stereocenters. The third-order valence-corrected chi connectivity index (χ3v) is 7.65. The Labute approximate surface area is 205 Å². The van der Waals surface area contributed by atoms with E-state index >= 15 is 0 Å². The van der Waals surface area contributed by atoms with Gasteiger partial charge in [-0.05, 0) is 55.2 Å². The summed E-state index contributed by atoms with van der Waals surface area (Å²) in [5.74, 6) is -0.162. The first-order valence-corrected chi connectivity index (χ1v) is 12.8. The van der Waals surface area contributed by atoms with Crippen molar-refractivity contribution in [2.75, 3.05) is 20.3 Å². The lowest BCUT2D eigenvalue weighted by Crippen LogP contribution is -2.32. The Morgan fingerprint density at radius 2 is 1.97 bits per heavy atom. The molecule has 3 rings (SSSR count). The van der Waals surface area contributed by atoms with Gasteiger partial charge in [-0.25, -0.2) is 0 Å². The smallest absolute Gasteiger partial charge is 0.305 e. The second-order valence-corrected chi connectivity index (χ2v) is 10.5. The Hall–Kier alpha value is -1.81. The number of esters is 1. The fraction of sp³-hybridized carbons (Fsp3) is 0.333. The number of nitrogens with zero attached hydrogens (tertiary/aromatic N) is 2. The molecule has 7 nitrogen and oxygen atoms in total. The summed E-state index contributed by atoms with van der Waals surface area (Å²) in [7, 11) is -2.68. The fourth-order valence-electron chi connectivity index (χ4n) is 3.08. The zero-order chi connectivity index (χ0) is 23.3. The van der Waals surface area contributed by atoms with Crippen LogP contribution in [0.15, 0.2) is 50.9 Å². The van der Waals surface area contributed by atoms with E-state index in [1.165, 1.54) is 13.2 Å². The number of hydrogen-bond acceptors (Lipinski definition) is 6. The highest BCUT2D eigenvalue weighted by molar-refractivity contribution is 9.10. The van der Waals surface area contributed by atoms with Crippen LogP contribution in [0.2, 0.25) is 10.0 Å². The molecule has 1 aliphatic heterocycles. The lowest BCUT2D eigenvalue weighted by atomic mass is 10.1. The minimum Gasteiger partial charge on any atom is -0.492 e. The zero-order valence-corrected chi connectivity index (χ0v) is 21.1. The van der Waals surface area contributed by atoms with Gasteiger partial charge in [-0.3, -0.25) is 4.79 Å². The highest BCUT2D eigenvalue weighted by atomic mass is 79.9. The van der Waals surface area contributed by atoms with E-state index in [0.29, 0.717) is 45.1 Å². The van der Waals surface area contributed by atoms with Gasteiger partial charge in [0.25, 0.3) is 10.0 Å². The van der Waals surface area contributed by atoms with Crippen molar-refractivity contribution in [1.82, 2.24) is 4.41 Å². The van der Waals surface area contributed by atoms with Crippen LogP contribution in [0.1, 0.15) is 31.2 Å². The van der Waals surface area contributed by atoms with E-state index in [-0.39, 0.29) is 36.2 Å². The Morgan fingerprint density at radius 3 is 2.69 bits per heavy atom. The number of ether oxygens (including phenoxy) is 2. The molecule has 0 unspecified atom stereocenters. The minimum absolute atomic E-state index is 0.0101. The standard InChI is InChI=1S/C21H21BrCl2N2O5S/c1-30-21(27)5-3-11-31-19-9-7-15(22)13-20(19)32(28,29)26-10-2-4-18(25-26)14-6-8-16(23)17(24)12-14/h6-9,12-13H,2-5,10-11H2,1H3. The van der Waals surface area contributed by atoms with E-state index in [1.54, 1.807) is 30.3 Å². The van der Waals surface area contributed by atoms with Gasteiger partial charge in [-0.1, -0.05) is 45.2 Å². The molecular formula is C21H21BrCl2N2O5S. The zero-order valence-electron chi connectivity index (χ0n) is 17.2. The van der Waals surface area contributed by atoms with Gasteiger partial charge >= 0.3 is 5.97 Å². The molecule has 172 valence electrons. The molecule has 0 fully saturated rings. The van der Waals surface area contributed by atoms with Crippen LogP contribution in [-0.4, -0.2) is 44.8 Å². The van der Waals surface area contributed by atoms with Crippen molar-refractivity contribution >= 4 is 60.8 Å². The molecule has 0 saturated heterocycles. The van der Waals surface area contributed by atoms with Crippen molar-refractivity contribution in [3.63, 3.8) is 0 Å². The van der Waals surface area contributed by atoms with Crippen LogP contribution in [0.25, 0.3) is 0 Å². The Balaban J connectivity index is 1.87. The third-order valence-electron chi connectivity index (χ3n) is 4.72. The van der Waals surface area contributed by atoms with E-state index in [4.69, 9.17) is 27.9 Å². The molecule has 0 spiro atoms. The quantitative estimate of drug-likeness (QED) is 0.322. The van der Waals surface area contributed by atoms with Crippen LogP contribution in [-0.2, 0) is 19.6 Å². The molecule has 2 aromatic carbocycles. The molecule has 32 heavy (non-hydrogen) atoms. The van der Waals surface area contributed by atoms with Crippen molar-refractivity contribution in [2.45, 2.75) is 30.6 Å². The first kappa shape index (κ1) is 24.8. The van der Waals surface area contributed by atoms with Crippen LogP contribution in [0, 0.1) is 0 Å². The summed E-state index contributed by atoms with van der Waals surface area (Å²) in [5.41, 5.74) is 1.32. The largest absolute Gasteiger partial charge is 0.492 e. The second kappa shape index (κ2) is 10.9. The highest BCUT2D eigenvalue weighted by Crippen LogP contribution is 2.32. The van der Waals surface area contributed by atoms with Crippen LogP contribution >= 0.6 is 39.1 Å². The predicted octanol–water partition coefficient (Wildman–Crippen LogP) is 5.28. The number of halogens is 3. The average Bonchev–Trinajstić information content (AvgIpc) is 2.79. The Morgan fingerprint density at radius 1 is 1.19 bits per heavy atom. The van der Waals surface area contributed by atoms with Gasteiger partial charge in [-0.15, -0.1) is 0 Å². The Kier molecular flexibility index (Phi) is 8.43. The van der Waals surface area contributed by atoms with Gasteiger partial charge in [0, 0.05) is 10.9 Å². The van der Waals surface area contributed by atoms with Crippen LogP contribution in [0.5, 0.6) is 5.75 Å². The second-order valence-electron chi connectivity index (χ2n) is 6.95. The number of carbonyl (C=O) groups is 1. The summed E-state index contributed by atoms with van der Waals surface area (Å²) >= 11 is 15.4. The van der Waals surface area contributed by atoms with Gasteiger partial charge in [0.2, 0.25) is 0 Å². The predicted molar refractivity (Wildman–Crippen MR) is 127 cm³/mol. The number of hydrogen-bond donors (Lipinski definition) is 0. The molecule has 0 radical (unpaired) electrons. The summed E-state index contributed by atoms with van der Waals surface area (Å²) in [6.07, 6.45) is 1.78. The van der Waals surface area contributed by atoms with Crippen LogP contribution in [0.3, 0.4) is 0 Å². The Bertz CT molecular complexity index is 1140. The lowest BCUT2D eigenvalue weighted by molar-refractivity contribution is -0.140. The maximum Gasteiger partial charge on any atom is 0.305 e. The van der Waals surface area contributed by atoms with Crippen LogP contribution < -0.4 is 4.74 Å². The van der Waals surface area contributed by atoms with Crippen LogP contribution in [0.4, 0.5) is 0 Å². The van der Waals surface area contributed by atoms with Gasteiger partial charge in [0.15, 0.2) is 0 Å². The van der Waals surface area contributed by atoms with Gasteiger partial charge in [0.1, 0.15) is 10.6 Å². The maximum absolute atomic E-state index is 13.4. The minimum atomic E-state index is -3.99. The van der Waals surface area contributed by atoms with E-state index in [2.05, 4.69) is 25.8 Å². The molecule has 11 heteroatoms. The number of hydrazone groups is 1. The topological polar surface area (TPSA) is 85.3 Å². The maximum atomic E-state index is 13.4. The summed E-state index contributed by atoms with van der Waals surface area (Å²) < 4.78 is 38.8. The summed E-state index contributed by atoms with van der Waals surface area (Å²) in [5, 5.41) is 5.19. The fourth-order valence-corrected chi connectivity index (χ4v) is 5.36. The van der Waals surface area contributed by atoms with E-state index < -0.39 is 10.0 Å². The van der Waals surface area contributed by atoms with Gasteiger partial charge < -0.3 is 9.47 Å². The molecule has 1 heterocycles. The van der Waals surface area contributed by atoms with E-state index in [9.17, 15) is 13.2 Å². The average molecular weight is 564 g/mol. The van der Waals surface area contributed by atoms with Crippen molar-refractivity contribution in [2.24, 2.45) is 5.10 Å². The summed E-state index contributed by atoms with van der Waals surface area (Å²) in [6.45, 7) is 0.401. The normalized spacial score (nSPS) is 14.1. The number of methoxy groups -OCH3 is 1.